The minimum atomic E-state index is 0.0702. The molecule has 0 saturated heterocycles. The molecule has 0 radical (unpaired) electrons. The third kappa shape index (κ3) is 3.83. The van der Waals surface area contributed by atoms with Crippen LogP contribution in [-0.2, 0) is 17.8 Å². The van der Waals surface area contributed by atoms with Crippen LogP contribution in [0.3, 0.4) is 0 Å². The second-order valence-corrected chi connectivity index (χ2v) is 6.02. The quantitative estimate of drug-likeness (QED) is 0.760. The predicted octanol–water partition coefficient (Wildman–Crippen LogP) is 3.18. The van der Waals surface area contributed by atoms with Crippen LogP contribution >= 0.6 is 11.3 Å². The van der Waals surface area contributed by atoms with Gasteiger partial charge in [0.2, 0.25) is 5.91 Å². The van der Waals surface area contributed by atoms with Crippen LogP contribution in [0.25, 0.3) is 5.69 Å². The molecular weight excluding hydrogens is 294 g/mol. The van der Waals surface area contributed by atoms with E-state index < -0.39 is 0 Å². The molecule has 22 heavy (non-hydrogen) atoms. The zero-order valence-corrected chi connectivity index (χ0v) is 12.9. The Morgan fingerprint density at radius 2 is 2.05 bits per heavy atom. The van der Waals surface area contributed by atoms with Crippen LogP contribution in [0.2, 0.25) is 0 Å². The molecular formula is C17H17N3OS. The van der Waals surface area contributed by atoms with E-state index in [0.717, 1.165) is 11.3 Å². The van der Waals surface area contributed by atoms with E-state index in [-0.39, 0.29) is 5.91 Å². The van der Waals surface area contributed by atoms with E-state index in [9.17, 15) is 4.79 Å². The van der Waals surface area contributed by atoms with Crippen LogP contribution in [0.1, 0.15) is 16.9 Å². The van der Waals surface area contributed by atoms with Crippen LogP contribution in [0, 0.1) is 0 Å². The summed E-state index contributed by atoms with van der Waals surface area (Å²) in [4.78, 5) is 13.0. The number of hydrogen-bond donors (Lipinski definition) is 1. The molecule has 0 unspecified atom stereocenters. The van der Waals surface area contributed by atoms with Gasteiger partial charge in [0.15, 0.2) is 0 Å². The highest BCUT2D eigenvalue weighted by Crippen LogP contribution is 2.10. The Labute approximate surface area is 133 Å². The Morgan fingerprint density at radius 3 is 2.82 bits per heavy atom. The van der Waals surface area contributed by atoms with Crippen molar-refractivity contribution >= 4 is 17.2 Å². The molecule has 4 nitrogen and oxygen atoms in total. The Hall–Kier alpha value is -2.40. The van der Waals surface area contributed by atoms with Gasteiger partial charge in [-0.05, 0) is 35.6 Å². The van der Waals surface area contributed by atoms with E-state index in [2.05, 4.69) is 10.4 Å². The molecule has 0 bridgehead atoms. The van der Waals surface area contributed by atoms with Crippen LogP contribution < -0.4 is 5.32 Å². The van der Waals surface area contributed by atoms with E-state index in [1.165, 1.54) is 4.88 Å². The standard InChI is InChI=1S/C17H17N3OS/c21-17(18-12-16-7-4-10-22-16)9-8-14-11-19-20(13-14)15-5-2-1-3-6-15/h1-7,10-11,13H,8-9,12H2,(H,18,21). The van der Waals surface area contributed by atoms with Crippen molar-refractivity contribution in [3.63, 3.8) is 0 Å². The first-order valence-corrected chi connectivity index (χ1v) is 8.07. The molecule has 0 saturated carbocycles. The Kier molecular flexibility index (Phi) is 4.65. The molecule has 1 aromatic carbocycles. The summed E-state index contributed by atoms with van der Waals surface area (Å²) >= 11 is 1.65. The number of nitrogens with zero attached hydrogens (tertiary/aromatic N) is 2. The van der Waals surface area contributed by atoms with Gasteiger partial charge >= 0.3 is 0 Å². The number of carbonyl (C=O) groups excluding carboxylic acids is 1. The van der Waals surface area contributed by atoms with Crippen LogP contribution in [0.5, 0.6) is 0 Å². The van der Waals surface area contributed by atoms with Gasteiger partial charge in [-0.3, -0.25) is 4.79 Å². The number of aromatic nitrogens is 2. The lowest BCUT2D eigenvalue weighted by atomic mass is 10.2. The monoisotopic (exact) mass is 311 g/mol. The summed E-state index contributed by atoms with van der Waals surface area (Å²) in [5, 5.41) is 9.29. The highest BCUT2D eigenvalue weighted by atomic mass is 32.1. The highest BCUT2D eigenvalue weighted by molar-refractivity contribution is 7.09. The van der Waals surface area contributed by atoms with Gasteiger partial charge in [-0.25, -0.2) is 4.68 Å². The number of hydrogen-bond acceptors (Lipinski definition) is 3. The summed E-state index contributed by atoms with van der Waals surface area (Å²) in [6, 6.07) is 14.0. The molecule has 2 aromatic heterocycles. The van der Waals surface area contributed by atoms with Gasteiger partial charge in [0.1, 0.15) is 0 Å². The third-order valence-corrected chi connectivity index (χ3v) is 4.21. The first kappa shape index (κ1) is 14.5. The lowest BCUT2D eigenvalue weighted by molar-refractivity contribution is -0.121. The van der Waals surface area contributed by atoms with E-state index >= 15 is 0 Å². The van der Waals surface area contributed by atoms with Gasteiger partial charge in [0.05, 0.1) is 18.4 Å². The summed E-state index contributed by atoms with van der Waals surface area (Å²) in [5.74, 6) is 0.0702. The molecule has 0 aliphatic carbocycles. The molecule has 0 spiro atoms. The molecule has 3 aromatic rings. The number of thiophene rings is 1. The second-order valence-electron chi connectivity index (χ2n) is 4.98. The molecule has 0 aliphatic rings. The Balaban J connectivity index is 1.49. The van der Waals surface area contributed by atoms with Crippen molar-refractivity contribution in [2.75, 3.05) is 0 Å². The largest absolute Gasteiger partial charge is 0.351 e. The number of aryl methyl sites for hydroxylation is 1. The Bertz CT molecular complexity index is 719. The van der Waals surface area contributed by atoms with Gasteiger partial charge < -0.3 is 5.32 Å². The maximum absolute atomic E-state index is 11.9. The van der Waals surface area contributed by atoms with Crippen LogP contribution in [0.4, 0.5) is 0 Å². The molecule has 112 valence electrons. The van der Waals surface area contributed by atoms with Crippen molar-refractivity contribution in [2.45, 2.75) is 19.4 Å². The maximum atomic E-state index is 11.9. The predicted molar refractivity (Wildman–Crippen MR) is 88.1 cm³/mol. The molecule has 0 aliphatic heterocycles. The molecule has 0 fully saturated rings. The van der Waals surface area contributed by atoms with E-state index in [1.807, 2.05) is 64.9 Å². The lowest BCUT2D eigenvalue weighted by Crippen LogP contribution is -2.22. The zero-order chi connectivity index (χ0) is 15.2. The molecule has 1 N–H and O–H groups in total. The SMILES string of the molecule is O=C(CCc1cnn(-c2ccccc2)c1)NCc1cccs1. The average molecular weight is 311 g/mol. The fraction of sp³-hybridized carbons (Fsp3) is 0.176. The van der Waals surface area contributed by atoms with E-state index in [1.54, 1.807) is 11.3 Å². The van der Waals surface area contributed by atoms with Crippen molar-refractivity contribution in [2.24, 2.45) is 0 Å². The number of amides is 1. The summed E-state index contributed by atoms with van der Waals surface area (Å²) in [6.45, 7) is 0.611. The van der Waals surface area contributed by atoms with Crippen molar-refractivity contribution in [3.8, 4) is 5.69 Å². The zero-order valence-electron chi connectivity index (χ0n) is 12.1. The fourth-order valence-corrected chi connectivity index (χ4v) is 2.80. The highest BCUT2D eigenvalue weighted by Gasteiger charge is 2.05. The number of nitrogens with one attached hydrogen (secondary N) is 1. The first-order chi connectivity index (χ1) is 10.8. The fourth-order valence-electron chi connectivity index (χ4n) is 2.16. The number of carbonyl (C=O) groups is 1. The number of benzene rings is 1. The van der Waals surface area contributed by atoms with Crippen molar-refractivity contribution in [1.82, 2.24) is 15.1 Å². The Morgan fingerprint density at radius 1 is 1.18 bits per heavy atom. The summed E-state index contributed by atoms with van der Waals surface area (Å²) in [5.41, 5.74) is 2.09. The molecule has 3 rings (SSSR count). The van der Waals surface area contributed by atoms with Gasteiger partial charge in [0, 0.05) is 17.5 Å². The molecule has 0 atom stereocenters. The van der Waals surface area contributed by atoms with Crippen molar-refractivity contribution in [1.29, 1.82) is 0 Å². The molecule has 5 heteroatoms. The van der Waals surface area contributed by atoms with Crippen molar-refractivity contribution in [3.05, 3.63) is 70.7 Å². The normalized spacial score (nSPS) is 10.5. The van der Waals surface area contributed by atoms with Gasteiger partial charge in [-0.2, -0.15) is 5.10 Å². The van der Waals surface area contributed by atoms with Gasteiger partial charge in [-0.15, -0.1) is 11.3 Å². The van der Waals surface area contributed by atoms with E-state index in [0.29, 0.717) is 19.4 Å². The minimum absolute atomic E-state index is 0.0702. The minimum Gasteiger partial charge on any atom is -0.351 e. The van der Waals surface area contributed by atoms with E-state index in [4.69, 9.17) is 0 Å². The average Bonchev–Trinajstić information content (AvgIpc) is 3.23. The second kappa shape index (κ2) is 7.04. The first-order valence-electron chi connectivity index (χ1n) is 7.19. The smallest absolute Gasteiger partial charge is 0.220 e. The number of rotatable bonds is 6. The maximum Gasteiger partial charge on any atom is 0.220 e. The molecule has 1 amide bonds. The topological polar surface area (TPSA) is 46.9 Å². The third-order valence-electron chi connectivity index (χ3n) is 3.34. The summed E-state index contributed by atoms with van der Waals surface area (Å²) < 4.78 is 1.83. The summed E-state index contributed by atoms with van der Waals surface area (Å²) in [6.07, 6.45) is 4.97. The molecule has 2 heterocycles. The van der Waals surface area contributed by atoms with Crippen LogP contribution in [-0.4, -0.2) is 15.7 Å². The van der Waals surface area contributed by atoms with Gasteiger partial charge in [-0.1, -0.05) is 24.3 Å². The number of para-hydroxylation sites is 1. The van der Waals surface area contributed by atoms with Gasteiger partial charge in [0.25, 0.3) is 0 Å². The summed E-state index contributed by atoms with van der Waals surface area (Å²) in [7, 11) is 0. The van der Waals surface area contributed by atoms with Crippen molar-refractivity contribution < 1.29 is 4.79 Å². The van der Waals surface area contributed by atoms with Crippen LogP contribution in [0.15, 0.2) is 60.2 Å². The lowest BCUT2D eigenvalue weighted by Gasteiger charge is -2.02.